The van der Waals surface area contributed by atoms with Crippen LogP contribution in [-0.2, 0) is 16.1 Å². The van der Waals surface area contributed by atoms with Crippen molar-refractivity contribution in [2.45, 2.75) is 33.2 Å². The summed E-state index contributed by atoms with van der Waals surface area (Å²) in [4.78, 5) is 29.1. The fourth-order valence-electron chi connectivity index (χ4n) is 2.44. The number of rotatable bonds is 4. The first-order valence-electron chi connectivity index (χ1n) is 6.67. The number of aromatic nitrogens is 1. The first-order valence-corrected chi connectivity index (χ1v) is 7.49. The van der Waals surface area contributed by atoms with Crippen molar-refractivity contribution < 1.29 is 9.53 Å². The number of carbonyl (C=O) groups excluding carboxylic acids is 1. The molecular formula is C13H20N2O3S. The Morgan fingerprint density at radius 1 is 1.58 bits per heavy atom. The lowest BCUT2D eigenvalue weighted by atomic mass is 9.98. The number of likely N-dealkylation sites (tertiary alicyclic amines) is 1. The van der Waals surface area contributed by atoms with Crippen molar-refractivity contribution in [3.63, 3.8) is 0 Å². The van der Waals surface area contributed by atoms with Crippen LogP contribution in [0.2, 0.25) is 0 Å². The number of carbonyl (C=O) groups is 1. The maximum absolute atomic E-state index is 11.8. The molecule has 1 saturated heterocycles. The zero-order valence-electron chi connectivity index (χ0n) is 11.4. The van der Waals surface area contributed by atoms with E-state index < -0.39 is 0 Å². The molecule has 1 aliphatic heterocycles. The molecule has 0 aromatic carbocycles. The SMILES string of the molecule is CCOC(=O)C1CCCN(Cc2sc(=O)[nH]c2C)C1. The Balaban J connectivity index is 1.96. The van der Waals surface area contributed by atoms with Crippen LogP contribution < -0.4 is 4.87 Å². The highest BCUT2D eigenvalue weighted by molar-refractivity contribution is 7.09. The number of piperidine rings is 1. The number of hydrogen-bond acceptors (Lipinski definition) is 5. The maximum atomic E-state index is 11.8. The van der Waals surface area contributed by atoms with E-state index in [9.17, 15) is 9.59 Å². The maximum Gasteiger partial charge on any atom is 0.310 e. The molecule has 19 heavy (non-hydrogen) atoms. The van der Waals surface area contributed by atoms with Crippen LogP contribution in [0.3, 0.4) is 0 Å². The van der Waals surface area contributed by atoms with Crippen LogP contribution in [0, 0.1) is 12.8 Å². The summed E-state index contributed by atoms with van der Waals surface area (Å²) in [5.41, 5.74) is 0.938. The van der Waals surface area contributed by atoms with Gasteiger partial charge in [-0.1, -0.05) is 11.3 Å². The topological polar surface area (TPSA) is 62.4 Å². The summed E-state index contributed by atoms with van der Waals surface area (Å²) in [5, 5.41) is 0. The van der Waals surface area contributed by atoms with E-state index in [0.717, 1.165) is 43.0 Å². The summed E-state index contributed by atoms with van der Waals surface area (Å²) >= 11 is 1.26. The zero-order chi connectivity index (χ0) is 13.8. The van der Waals surface area contributed by atoms with Crippen molar-refractivity contribution in [2.75, 3.05) is 19.7 Å². The first-order chi connectivity index (χ1) is 9.10. The number of esters is 1. The summed E-state index contributed by atoms with van der Waals surface area (Å²) < 4.78 is 5.09. The number of nitrogens with zero attached hydrogens (tertiary/aromatic N) is 1. The minimum atomic E-state index is -0.0915. The van der Waals surface area contributed by atoms with Crippen molar-refractivity contribution in [1.82, 2.24) is 9.88 Å². The Hall–Kier alpha value is -1.14. The predicted molar refractivity (Wildman–Crippen MR) is 74.3 cm³/mol. The number of H-pyrrole nitrogens is 1. The number of aromatic amines is 1. The molecule has 0 amide bonds. The number of aryl methyl sites for hydroxylation is 1. The minimum Gasteiger partial charge on any atom is -0.466 e. The van der Waals surface area contributed by atoms with Crippen LogP contribution in [0.25, 0.3) is 0 Å². The summed E-state index contributed by atoms with van der Waals surface area (Å²) in [6, 6.07) is 0. The van der Waals surface area contributed by atoms with E-state index in [-0.39, 0.29) is 16.8 Å². The number of thiazole rings is 1. The lowest BCUT2D eigenvalue weighted by molar-refractivity contribution is -0.150. The van der Waals surface area contributed by atoms with E-state index in [0.29, 0.717) is 6.61 Å². The van der Waals surface area contributed by atoms with Gasteiger partial charge in [0, 0.05) is 23.7 Å². The third kappa shape index (κ3) is 3.67. The number of ether oxygens (including phenoxy) is 1. The number of hydrogen-bond donors (Lipinski definition) is 1. The second kappa shape index (κ2) is 6.34. The Morgan fingerprint density at radius 3 is 3.00 bits per heavy atom. The second-order valence-corrected chi connectivity index (χ2v) is 5.96. The van der Waals surface area contributed by atoms with E-state index >= 15 is 0 Å². The fraction of sp³-hybridized carbons (Fsp3) is 0.692. The largest absolute Gasteiger partial charge is 0.466 e. The highest BCUT2D eigenvalue weighted by atomic mass is 32.1. The van der Waals surface area contributed by atoms with Gasteiger partial charge in [0.25, 0.3) is 0 Å². The van der Waals surface area contributed by atoms with E-state index in [1.165, 1.54) is 11.3 Å². The van der Waals surface area contributed by atoms with Gasteiger partial charge in [-0.2, -0.15) is 0 Å². The summed E-state index contributed by atoms with van der Waals surface area (Å²) in [6.45, 7) is 6.63. The Morgan fingerprint density at radius 2 is 2.37 bits per heavy atom. The molecule has 1 aliphatic rings. The molecule has 0 radical (unpaired) electrons. The van der Waals surface area contributed by atoms with Crippen LogP contribution in [-0.4, -0.2) is 35.5 Å². The van der Waals surface area contributed by atoms with Gasteiger partial charge in [-0.05, 0) is 33.2 Å². The molecule has 2 heterocycles. The van der Waals surface area contributed by atoms with E-state index in [2.05, 4.69) is 9.88 Å². The van der Waals surface area contributed by atoms with Crippen LogP contribution in [0.1, 0.15) is 30.3 Å². The van der Waals surface area contributed by atoms with Gasteiger partial charge >= 0.3 is 10.8 Å². The molecule has 5 nitrogen and oxygen atoms in total. The van der Waals surface area contributed by atoms with Crippen molar-refractivity contribution >= 4 is 17.3 Å². The molecule has 1 N–H and O–H groups in total. The van der Waals surface area contributed by atoms with Gasteiger partial charge in [0.05, 0.1) is 12.5 Å². The quantitative estimate of drug-likeness (QED) is 0.852. The van der Waals surface area contributed by atoms with Crippen molar-refractivity contribution in [1.29, 1.82) is 0 Å². The third-order valence-corrected chi connectivity index (χ3v) is 4.39. The predicted octanol–water partition coefficient (Wildman–Crippen LogP) is 1.52. The average Bonchev–Trinajstić information content (AvgIpc) is 2.68. The molecule has 0 spiro atoms. The molecule has 1 aromatic heterocycles. The second-order valence-electron chi connectivity index (χ2n) is 4.89. The van der Waals surface area contributed by atoms with Gasteiger partial charge in [0.1, 0.15) is 0 Å². The average molecular weight is 284 g/mol. The van der Waals surface area contributed by atoms with E-state index in [4.69, 9.17) is 4.74 Å². The van der Waals surface area contributed by atoms with Crippen LogP contribution in [0.5, 0.6) is 0 Å². The monoisotopic (exact) mass is 284 g/mol. The normalized spacial score (nSPS) is 20.4. The standard InChI is InChI=1S/C13H20N2O3S/c1-3-18-12(16)10-5-4-6-15(7-10)8-11-9(2)14-13(17)19-11/h10H,3-8H2,1-2H3,(H,14,17). The highest BCUT2D eigenvalue weighted by Gasteiger charge is 2.27. The van der Waals surface area contributed by atoms with E-state index in [1.807, 2.05) is 13.8 Å². The molecule has 1 fully saturated rings. The van der Waals surface area contributed by atoms with Crippen LogP contribution >= 0.6 is 11.3 Å². The zero-order valence-corrected chi connectivity index (χ0v) is 12.2. The summed E-state index contributed by atoms with van der Waals surface area (Å²) in [6.07, 6.45) is 1.90. The Bertz CT molecular complexity index is 494. The molecule has 1 atom stereocenters. The molecule has 2 rings (SSSR count). The highest BCUT2D eigenvalue weighted by Crippen LogP contribution is 2.21. The molecule has 1 unspecified atom stereocenters. The van der Waals surface area contributed by atoms with Gasteiger partial charge < -0.3 is 9.72 Å². The fourth-order valence-corrected chi connectivity index (χ4v) is 3.32. The van der Waals surface area contributed by atoms with Crippen molar-refractivity contribution in [3.8, 4) is 0 Å². The summed E-state index contributed by atoms with van der Waals surface area (Å²) in [5.74, 6) is -0.115. The molecule has 6 heteroatoms. The lowest BCUT2D eigenvalue weighted by Crippen LogP contribution is -2.38. The molecule has 1 aromatic rings. The molecule has 0 bridgehead atoms. The van der Waals surface area contributed by atoms with Crippen LogP contribution in [0.4, 0.5) is 0 Å². The van der Waals surface area contributed by atoms with E-state index in [1.54, 1.807) is 0 Å². The minimum absolute atomic E-state index is 0.00791. The Kier molecular flexibility index (Phi) is 4.76. The first kappa shape index (κ1) is 14.3. The molecular weight excluding hydrogens is 264 g/mol. The Labute approximate surface area is 116 Å². The molecule has 106 valence electrons. The van der Waals surface area contributed by atoms with Gasteiger partial charge in [0.15, 0.2) is 0 Å². The molecule has 0 aliphatic carbocycles. The van der Waals surface area contributed by atoms with Gasteiger partial charge in [-0.15, -0.1) is 0 Å². The number of nitrogens with one attached hydrogen (secondary N) is 1. The summed E-state index contributed by atoms with van der Waals surface area (Å²) in [7, 11) is 0. The van der Waals surface area contributed by atoms with Crippen molar-refractivity contribution in [3.05, 3.63) is 20.2 Å². The van der Waals surface area contributed by atoms with Crippen LogP contribution in [0.15, 0.2) is 4.79 Å². The lowest BCUT2D eigenvalue weighted by Gasteiger charge is -2.31. The van der Waals surface area contributed by atoms with Gasteiger partial charge in [-0.3, -0.25) is 14.5 Å². The van der Waals surface area contributed by atoms with Crippen molar-refractivity contribution in [2.24, 2.45) is 5.92 Å². The third-order valence-electron chi connectivity index (χ3n) is 3.42. The van der Waals surface area contributed by atoms with Gasteiger partial charge in [0.2, 0.25) is 0 Å². The molecule has 0 saturated carbocycles. The van der Waals surface area contributed by atoms with Gasteiger partial charge in [-0.25, -0.2) is 0 Å². The smallest absolute Gasteiger partial charge is 0.310 e.